The Labute approximate surface area is 131 Å². The van der Waals surface area contributed by atoms with Crippen molar-refractivity contribution >= 4 is 11.6 Å². The first-order chi connectivity index (χ1) is 10.6. The van der Waals surface area contributed by atoms with Crippen molar-refractivity contribution in [3.63, 3.8) is 0 Å². The lowest BCUT2D eigenvalue weighted by molar-refractivity contribution is -0.117. The molecule has 0 aromatic heterocycles. The fourth-order valence-electron chi connectivity index (χ4n) is 2.20. The second-order valence-corrected chi connectivity index (χ2v) is 5.29. The van der Waals surface area contributed by atoms with Crippen LogP contribution >= 0.6 is 0 Å². The van der Waals surface area contributed by atoms with Gasteiger partial charge in [0, 0.05) is 12.8 Å². The topological polar surface area (TPSA) is 64.3 Å². The number of rotatable bonds is 6. The highest BCUT2D eigenvalue weighted by atomic mass is 16.5. The van der Waals surface area contributed by atoms with Crippen molar-refractivity contribution in [1.29, 1.82) is 0 Å². The molecule has 0 radical (unpaired) electrons. The van der Waals surface area contributed by atoms with Crippen molar-refractivity contribution < 1.29 is 9.53 Å². The van der Waals surface area contributed by atoms with E-state index in [-0.39, 0.29) is 12.0 Å². The molecule has 0 saturated heterocycles. The van der Waals surface area contributed by atoms with Crippen LogP contribution in [0.3, 0.4) is 0 Å². The van der Waals surface area contributed by atoms with Crippen LogP contribution in [0.1, 0.15) is 24.2 Å². The molecule has 2 aromatic carbocycles. The molecule has 0 spiro atoms. The highest BCUT2D eigenvalue weighted by Gasteiger charge is 2.14. The lowest BCUT2D eigenvalue weighted by Crippen LogP contribution is -2.37. The molecule has 2 rings (SSSR count). The Morgan fingerprint density at radius 3 is 2.59 bits per heavy atom. The third-order valence-corrected chi connectivity index (χ3v) is 3.61. The molecule has 0 aliphatic rings. The Balaban J connectivity index is 1.99. The van der Waals surface area contributed by atoms with Gasteiger partial charge in [0.25, 0.3) is 0 Å². The molecular formula is C18H22N2O2. The molecule has 0 saturated carbocycles. The van der Waals surface area contributed by atoms with Crippen LogP contribution in [0.4, 0.5) is 5.69 Å². The van der Waals surface area contributed by atoms with Gasteiger partial charge in [-0.1, -0.05) is 42.5 Å². The summed E-state index contributed by atoms with van der Waals surface area (Å²) in [6.45, 7) is 1.96. The highest BCUT2D eigenvalue weighted by Crippen LogP contribution is 2.19. The van der Waals surface area contributed by atoms with Crippen LogP contribution in [0.15, 0.2) is 54.6 Å². The smallest absolute Gasteiger partial charge is 0.241 e. The van der Waals surface area contributed by atoms with E-state index >= 15 is 0 Å². The van der Waals surface area contributed by atoms with Gasteiger partial charge < -0.3 is 15.8 Å². The van der Waals surface area contributed by atoms with Crippen LogP contribution in [0.2, 0.25) is 0 Å². The van der Waals surface area contributed by atoms with Crippen molar-refractivity contribution in [1.82, 2.24) is 0 Å². The van der Waals surface area contributed by atoms with E-state index in [0.29, 0.717) is 6.42 Å². The van der Waals surface area contributed by atoms with Crippen molar-refractivity contribution in [3.8, 4) is 0 Å². The second-order valence-electron chi connectivity index (χ2n) is 5.29. The first-order valence-electron chi connectivity index (χ1n) is 7.33. The van der Waals surface area contributed by atoms with Gasteiger partial charge in [0.05, 0.1) is 12.1 Å². The zero-order valence-corrected chi connectivity index (χ0v) is 13.0. The number of carbonyl (C=O) groups is 1. The number of ether oxygens (including phenoxy) is 1. The molecule has 22 heavy (non-hydrogen) atoms. The largest absolute Gasteiger partial charge is 0.377 e. The van der Waals surface area contributed by atoms with Gasteiger partial charge in [0.2, 0.25) is 5.91 Å². The lowest BCUT2D eigenvalue weighted by Gasteiger charge is -2.14. The minimum atomic E-state index is -0.578. The summed E-state index contributed by atoms with van der Waals surface area (Å²) in [5.74, 6) is -0.189. The Kier molecular flexibility index (Phi) is 5.69. The number of nitrogens with one attached hydrogen (secondary N) is 1. The van der Waals surface area contributed by atoms with Gasteiger partial charge in [0.1, 0.15) is 0 Å². The number of hydrogen-bond donors (Lipinski definition) is 2. The lowest BCUT2D eigenvalue weighted by atomic mass is 10.1. The van der Waals surface area contributed by atoms with Gasteiger partial charge in [-0.05, 0) is 36.6 Å². The van der Waals surface area contributed by atoms with E-state index in [9.17, 15) is 4.79 Å². The maximum Gasteiger partial charge on any atom is 0.241 e. The summed E-state index contributed by atoms with van der Waals surface area (Å²) in [7, 11) is 1.66. The zero-order chi connectivity index (χ0) is 15.9. The summed E-state index contributed by atoms with van der Waals surface area (Å²) in [4.78, 5) is 12.2. The molecule has 2 aromatic rings. The summed E-state index contributed by atoms with van der Waals surface area (Å²) >= 11 is 0. The van der Waals surface area contributed by atoms with Crippen LogP contribution < -0.4 is 11.1 Å². The van der Waals surface area contributed by atoms with Crippen LogP contribution in [0.5, 0.6) is 0 Å². The molecule has 116 valence electrons. The predicted molar refractivity (Wildman–Crippen MR) is 88.6 cm³/mol. The van der Waals surface area contributed by atoms with E-state index in [1.54, 1.807) is 7.11 Å². The Morgan fingerprint density at radius 2 is 1.91 bits per heavy atom. The number of benzene rings is 2. The first kappa shape index (κ1) is 16.2. The minimum absolute atomic E-state index is 0.0187. The SMILES string of the molecule is COC(C)c1cccc(NC(=O)[C@@H](N)Cc2ccccc2)c1. The van der Waals surface area contributed by atoms with Crippen LogP contribution in [0, 0.1) is 0 Å². The maximum atomic E-state index is 12.2. The average Bonchev–Trinajstić information content (AvgIpc) is 2.55. The van der Waals surface area contributed by atoms with Gasteiger partial charge in [0.15, 0.2) is 0 Å². The molecule has 1 amide bonds. The number of hydrogen-bond acceptors (Lipinski definition) is 3. The molecular weight excluding hydrogens is 276 g/mol. The van der Waals surface area contributed by atoms with E-state index < -0.39 is 6.04 Å². The van der Waals surface area contributed by atoms with Gasteiger partial charge in [-0.15, -0.1) is 0 Å². The quantitative estimate of drug-likeness (QED) is 0.862. The Hall–Kier alpha value is -2.17. The van der Waals surface area contributed by atoms with E-state index in [1.807, 2.05) is 61.5 Å². The molecule has 4 nitrogen and oxygen atoms in total. The normalized spacial score (nSPS) is 13.4. The van der Waals surface area contributed by atoms with Crippen LogP contribution in [0.25, 0.3) is 0 Å². The number of nitrogens with two attached hydrogens (primary N) is 1. The molecule has 3 N–H and O–H groups in total. The summed E-state index contributed by atoms with van der Waals surface area (Å²) in [6.07, 6.45) is 0.496. The van der Waals surface area contributed by atoms with E-state index in [1.165, 1.54) is 0 Å². The molecule has 1 unspecified atom stereocenters. The first-order valence-corrected chi connectivity index (χ1v) is 7.33. The third-order valence-electron chi connectivity index (χ3n) is 3.61. The van der Waals surface area contributed by atoms with E-state index in [2.05, 4.69) is 5.32 Å². The molecule has 0 bridgehead atoms. The van der Waals surface area contributed by atoms with Gasteiger partial charge >= 0.3 is 0 Å². The van der Waals surface area contributed by atoms with Crippen LogP contribution in [-0.2, 0) is 16.0 Å². The predicted octanol–water partition coefficient (Wildman–Crippen LogP) is 2.90. The molecule has 0 fully saturated rings. The summed E-state index contributed by atoms with van der Waals surface area (Å²) in [6, 6.07) is 16.8. The minimum Gasteiger partial charge on any atom is -0.377 e. The monoisotopic (exact) mass is 298 g/mol. The standard InChI is InChI=1S/C18H22N2O2/c1-13(22-2)15-9-6-10-16(12-15)20-18(21)17(19)11-14-7-4-3-5-8-14/h3-10,12-13,17H,11,19H2,1-2H3,(H,20,21)/t13?,17-/m0/s1. The maximum absolute atomic E-state index is 12.2. The zero-order valence-electron chi connectivity index (χ0n) is 13.0. The summed E-state index contributed by atoms with van der Waals surface area (Å²) in [5.41, 5.74) is 8.77. The van der Waals surface area contributed by atoms with Gasteiger partial charge in [-0.2, -0.15) is 0 Å². The van der Waals surface area contributed by atoms with Crippen molar-refractivity contribution in [2.45, 2.75) is 25.5 Å². The van der Waals surface area contributed by atoms with Gasteiger partial charge in [-0.25, -0.2) is 0 Å². The van der Waals surface area contributed by atoms with E-state index in [0.717, 1.165) is 16.8 Å². The van der Waals surface area contributed by atoms with Crippen molar-refractivity contribution in [2.24, 2.45) is 5.73 Å². The third kappa shape index (κ3) is 4.41. The fraction of sp³-hybridized carbons (Fsp3) is 0.278. The van der Waals surface area contributed by atoms with Crippen LogP contribution in [-0.4, -0.2) is 19.1 Å². The molecule has 0 aliphatic carbocycles. The Morgan fingerprint density at radius 1 is 1.18 bits per heavy atom. The summed E-state index contributed by atoms with van der Waals surface area (Å²) in [5, 5.41) is 2.86. The number of carbonyl (C=O) groups excluding carboxylic acids is 1. The summed E-state index contributed by atoms with van der Waals surface area (Å²) < 4.78 is 5.29. The van der Waals surface area contributed by atoms with Gasteiger partial charge in [-0.3, -0.25) is 4.79 Å². The highest BCUT2D eigenvalue weighted by molar-refractivity contribution is 5.94. The molecule has 0 heterocycles. The molecule has 4 heteroatoms. The number of methoxy groups -OCH3 is 1. The average molecular weight is 298 g/mol. The van der Waals surface area contributed by atoms with Crippen molar-refractivity contribution in [2.75, 3.05) is 12.4 Å². The molecule has 0 aliphatic heterocycles. The second kappa shape index (κ2) is 7.73. The van der Waals surface area contributed by atoms with E-state index in [4.69, 9.17) is 10.5 Å². The number of anilines is 1. The Bertz CT molecular complexity index is 613. The van der Waals surface area contributed by atoms with Crippen molar-refractivity contribution in [3.05, 3.63) is 65.7 Å². The number of amides is 1. The fourth-order valence-corrected chi connectivity index (χ4v) is 2.20. The molecule has 2 atom stereocenters.